The Hall–Kier alpha value is -0.540. The van der Waals surface area contributed by atoms with Crippen molar-refractivity contribution in [1.29, 1.82) is 0 Å². The Labute approximate surface area is 122 Å². The van der Waals surface area contributed by atoms with Crippen LogP contribution in [0.4, 0.5) is 0 Å². The molecule has 1 N–H and O–H groups in total. The van der Waals surface area contributed by atoms with Crippen LogP contribution in [0.25, 0.3) is 0 Å². The summed E-state index contributed by atoms with van der Waals surface area (Å²) >= 11 is 9.34. The van der Waals surface area contributed by atoms with Gasteiger partial charge in [-0.1, -0.05) is 41.4 Å². The predicted molar refractivity (Wildman–Crippen MR) is 80.6 cm³/mol. The van der Waals surface area contributed by atoms with Gasteiger partial charge in [0.05, 0.1) is 0 Å². The number of hydrogen-bond donors (Lipinski definition) is 1. The maximum absolute atomic E-state index is 12.0. The molecule has 0 atom stereocenters. The van der Waals surface area contributed by atoms with Crippen LogP contribution in [0, 0.1) is 5.41 Å². The third kappa shape index (κ3) is 3.99. The molecule has 100 valence electrons. The number of benzene rings is 1. The highest BCUT2D eigenvalue weighted by atomic mass is 79.9. The van der Waals surface area contributed by atoms with Crippen molar-refractivity contribution in [3.8, 4) is 0 Å². The van der Waals surface area contributed by atoms with Gasteiger partial charge in [-0.25, -0.2) is 0 Å². The molecular formula is C14H19BrClNO. The summed E-state index contributed by atoms with van der Waals surface area (Å²) in [4.78, 5) is 12.0. The maximum Gasteiger partial charge on any atom is 0.251 e. The van der Waals surface area contributed by atoms with Crippen LogP contribution < -0.4 is 5.32 Å². The lowest BCUT2D eigenvalue weighted by molar-refractivity contribution is 0.0932. The van der Waals surface area contributed by atoms with Crippen LogP contribution in [0.15, 0.2) is 24.3 Å². The molecule has 4 heteroatoms. The zero-order chi connectivity index (χ0) is 13.6. The average Bonchev–Trinajstić information content (AvgIpc) is 2.41. The van der Waals surface area contributed by atoms with Crippen LogP contribution in [0.3, 0.4) is 0 Å². The molecule has 0 radical (unpaired) electrons. The van der Waals surface area contributed by atoms with Crippen LogP contribution in [-0.2, 0) is 0 Å². The lowest BCUT2D eigenvalue weighted by Gasteiger charge is -2.29. The molecule has 0 fully saturated rings. The number of carbonyl (C=O) groups excluding carboxylic acids is 1. The van der Waals surface area contributed by atoms with Gasteiger partial charge in [0.2, 0.25) is 0 Å². The minimum Gasteiger partial charge on any atom is -0.351 e. The van der Waals surface area contributed by atoms with Gasteiger partial charge < -0.3 is 5.32 Å². The molecule has 0 heterocycles. The van der Waals surface area contributed by atoms with Crippen molar-refractivity contribution in [1.82, 2.24) is 5.32 Å². The van der Waals surface area contributed by atoms with E-state index in [1.165, 1.54) is 0 Å². The number of hydrogen-bond acceptors (Lipinski definition) is 1. The van der Waals surface area contributed by atoms with E-state index in [0.29, 0.717) is 17.1 Å². The SMILES string of the molecule is CCC(CC)(CBr)CNC(=O)c1ccc(Cl)cc1. The molecule has 2 nitrogen and oxygen atoms in total. The standard InChI is InChI=1S/C14H19BrClNO/c1-3-14(4-2,9-15)10-17-13(18)11-5-7-12(16)8-6-11/h5-8H,3-4,9-10H2,1-2H3,(H,17,18). The number of alkyl halides is 1. The summed E-state index contributed by atoms with van der Waals surface area (Å²) in [7, 11) is 0. The molecule has 0 aliphatic heterocycles. The lowest BCUT2D eigenvalue weighted by atomic mass is 9.84. The highest BCUT2D eigenvalue weighted by molar-refractivity contribution is 9.09. The van der Waals surface area contributed by atoms with E-state index < -0.39 is 0 Å². The quantitative estimate of drug-likeness (QED) is 0.774. The first-order valence-corrected chi connectivity index (χ1v) is 7.66. The summed E-state index contributed by atoms with van der Waals surface area (Å²) in [5, 5.41) is 4.54. The predicted octanol–water partition coefficient (Wildman–Crippen LogP) is 4.27. The van der Waals surface area contributed by atoms with Gasteiger partial charge in [-0.2, -0.15) is 0 Å². The molecule has 18 heavy (non-hydrogen) atoms. The summed E-state index contributed by atoms with van der Waals surface area (Å²) < 4.78 is 0. The molecular weight excluding hydrogens is 314 g/mol. The van der Waals surface area contributed by atoms with E-state index in [0.717, 1.165) is 18.2 Å². The topological polar surface area (TPSA) is 29.1 Å². The number of amides is 1. The largest absolute Gasteiger partial charge is 0.351 e. The van der Waals surface area contributed by atoms with E-state index in [2.05, 4.69) is 35.1 Å². The molecule has 0 saturated heterocycles. The Morgan fingerprint density at radius 3 is 2.28 bits per heavy atom. The number of rotatable bonds is 6. The van der Waals surface area contributed by atoms with Crippen LogP contribution in [0.1, 0.15) is 37.0 Å². The molecule has 0 aromatic heterocycles. The number of carbonyl (C=O) groups is 1. The maximum atomic E-state index is 12.0. The minimum absolute atomic E-state index is 0.0427. The van der Waals surface area contributed by atoms with Crippen molar-refractivity contribution in [3.63, 3.8) is 0 Å². The van der Waals surface area contributed by atoms with Gasteiger partial charge in [0.25, 0.3) is 5.91 Å². The Balaban J connectivity index is 2.63. The molecule has 1 amide bonds. The average molecular weight is 333 g/mol. The second kappa shape index (κ2) is 7.15. The smallest absolute Gasteiger partial charge is 0.251 e. The van der Waals surface area contributed by atoms with Gasteiger partial charge in [-0.3, -0.25) is 4.79 Å². The second-order valence-electron chi connectivity index (χ2n) is 4.53. The number of halogens is 2. The van der Waals surface area contributed by atoms with Crippen LogP contribution in [-0.4, -0.2) is 17.8 Å². The first-order chi connectivity index (χ1) is 8.56. The van der Waals surface area contributed by atoms with Crippen LogP contribution in [0.5, 0.6) is 0 Å². The van der Waals surface area contributed by atoms with E-state index in [9.17, 15) is 4.79 Å². The summed E-state index contributed by atoms with van der Waals surface area (Å²) in [6.45, 7) is 4.99. The molecule has 1 aromatic rings. The normalized spacial score (nSPS) is 11.3. The monoisotopic (exact) mass is 331 g/mol. The van der Waals surface area contributed by atoms with Crippen LogP contribution >= 0.6 is 27.5 Å². The van der Waals surface area contributed by atoms with Gasteiger partial charge in [0.1, 0.15) is 0 Å². The van der Waals surface area contributed by atoms with Crippen molar-refractivity contribution < 1.29 is 4.79 Å². The highest BCUT2D eigenvalue weighted by Gasteiger charge is 2.25. The molecule has 0 bridgehead atoms. The molecule has 0 spiro atoms. The molecule has 0 unspecified atom stereocenters. The van der Waals surface area contributed by atoms with E-state index in [1.54, 1.807) is 24.3 Å². The number of nitrogens with one attached hydrogen (secondary N) is 1. The van der Waals surface area contributed by atoms with Gasteiger partial charge >= 0.3 is 0 Å². The molecule has 1 rings (SSSR count). The van der Waals surface area contributed by atoms with E-state index in [1.807, 2.05) is 0 Å². The fourth-order valence-electron chi connectivity index (χ4n) is 1.71. The van der Waals surface area contributed by atoms with Crippen molar-refractivity contribution in [2.75, 3.05) is 11.9 Å². The zero-order valence-corrected chi connectivity index (χ0v) is 13.1. The molecule has 1 aromatic carbocycles. The summed E-state index contributed by atoms with van der Waals surface area (Å²) in [5.74, 6) is -0.0427. The second-order valence-corrected chi connectivity index (χ2v) is 5.53. The van der Waals surface area contributed by atoms with E-state index >= 15 is 0 Å². The fourth-order valence-corrected chi connectivity index (χ4v) is 2.82. The van der Waals surface area contributed by atoms with Crippen molar-refractivity contribution >= 4 is 33.4 Å². The summed E-state index contributed by atoms with van der Waals surface area (Å²) in [5.41, 5.74) is 0.789. The zero-order valence-electron chi connectivity index (χ0n) is 10.8. The van der Waals surface area contributed by atoms with Crippen LogP contribution in [0.2, 0.25) is 5.02 Å². The van der Waals surface area contributed by atoms with Gasteiger partial charge in [0.15, 0.2) is 0 Å². The third-order valence-electron chi connectivity index (χ3n) is 3.51. The molecule has 0 aliphatic carbocycles. The van der Waals surface area contributed by atoms with Crippen molar-refractivity contribution in [2.45, 2.75) is 26.7 Å². The Bertz CT molecular complexity index is 379. The van der Waals surface area contributed by atoms with E-state index in [4.69, 9.17) is 11.6 Å². The minimum atomic E-state index is -0.0427. The van der Waals surface area contributed by atoms with Crippen molar-refractivity contribution in [2.24, 2.45) is 5.41 Å². The Kier molecular flexibility index (Phi) is 6.16. The molecule has 0 saturated carbocycles. The summed E-state index contributed by atoms with van der Waals surface area (Å²) in [6, 6.07) is 6.94. The van der Waals surface area contributed by atoms with Gasteiger partial charge in [0, 0.05) is 22.5 Å². The van der Waals surface area contributed by atoms with Gasteiger partial charge in [-0.15, -0.1) is 0 Å². The highest BCUT2D eigenvalue weighted by Crippen LogP contribution is 2.27. The Morgan fingerprint density at radius 1 is 1.28 bits per heavy atom. The lowest BCUT2D eigenvalue weighted by Crippen LogP contribution is -2.38. The first-order valence-electron chi connectivity index (χ1n) is 6.16. The van der Waals surface area contributed by atoms with Crippen molar-refractivity contribution in [3.05, 3.63) is 34.9 Å². The Morgan fingerprint density at radius 2 is 1.83 bits per heavy atom. The van der Waals surface area contributed by atoms with Gasteiger partial charge in [-0.05, 0) is 42.5 Å². The summed E-state index contributed by atoms with van der Waals surface area (Å²) in [6.07, 6.45) is 2.07. The third-order valence-corrected chi connectivity index (χ3v) is 4.96. The van der Waals surface area contributed by atoms with E-state index in [-0.39, 0.29) is 11.3 Å². The fraction of sp³-hybridized carbons (Fsp3) is 0.500. The first kappa shape index (κ1) is 15.5. The molecule has 0 aliphatic rings.